The van der Waals surface area contributed by atoms with Crippen LogP contribution in [0.2, 0.25) is 0 Å². The molecular weight excluding hydrogens is 226 g/mol. The topological polar surface area (TPSA) is 103 Å². The van der Waals surface area contributed by atoms with Crippen molar-refractivity contribution >= 4 is 12.2 Å². The highest BCUT2D eigenvalue weighted by Gasteiger charge is 2.15. The summed E-state index contributed by atoms with van der Waals surface area (Å²) in [5.74, 6) is 0. The Balaban J connectivity index is 3.34. The van der Waals surface area contributed by atoms with E-state index in [1.54, 1.807) is 20.8 Å². The van der Waals surface area contributed by atoms with Crippen molar-refractivity contribution in [2.45, 2.75) is 26.4 Å². The summed E-state index contributed by atoms with van der Waals surface area (Å²) in [6.45, 7) is 7.08. The van der Waals surface area contributed by atoms with Gasteiger partial charge in [0.1, 0.15) is 12.2 Å². The first-order valence-corrected chi connectivity index (χ1v) is 5.41. The summed E-state index contributed by atoms with van der Waals surface area (Å²) < 4.78 is 9.53. The first-order chi connectivity index (χ1) is 7.81. The maximum atomic E-state index is 11.2. The minimum Gasteiger partial charge on any atom is -0.448 e. The van der Waals surface area contributed by atoms with Gasteiger partial charge in [0.2, 0.25) is 0 Å². The van der Waals surface area contributed by atoms with Crippen molar-refractivity contribution in [3.63, 3.8) is 0 Å². The van der Waals surface area contributed by atoms with E-state index in [0.717, 1.165) is 0 Å². The average Bonchev–Trinajstić information content (AvgIpc) is 2.12. The maximum absolute atomic E-state index is 11.2. The second kappa shape index (κ2) is 7.72. The van der Waals surface area contributed by atoms with E-state index in [0.29, 0.717) is 19.6 Å². The fraction of sp³-hybridized carbons (Fsp3) is 0.800. The highest BCUT2D eigenvalue weighted by molar-refractivity contribution is 5.67. The van der Waals surface area contributed by atoms with Gasteiger partial charge in [-0.3, -0.25) is 0 Å². The molecule has 0 heterocycles. The molecule has 0 unspecified atom stereocenters. The molecule has 2 amide bonds. The number of hydrogen-bond donors (Lipinski definition) is 3. The van der Waals surface area contributed by atoms with Crippen molar-refractivity contribution in [2.75, 3.05) is 26.2 Å². The van der Waals surface area contributed by atoms with Gasteiger partial charge in [0.05, 0.1) is 0 Å². The molecule has 0 aliphatic carbocycles. The van der Waals surface area contributed by atoms with Crippen molar-refractivity contribution in [1.82, 2.24) is 10.6 Å². The SMILES string of the molecule is CC(C)(C)OC(=O)NCCNCCOC(N)=O. The molecule has 0 aliphatic heterocycles. The van der Waals surface area contributed by atoms with Crippen molar-refractivity contribution in [1.29, 1.82) is 0 Å². The van der Waals surface area contributed by atoms with E-state index >= 15 is 0 Å². The van der Waals surface area contributed by atoms with E-state index in [2.05, 4.69) is 15.4 Å². The molecule has 100 valence electrons. The molecule has 0 atom stereocenters. The summed E-state index contributed by atoms with van der Waals surface area (Å²) >= 11 is 0. The van der Waals surface area contributed by atoms with Crippen LogP contribution in [0.1, 0.15) is 20.8 Å². The summed E-state index contributed by atoms with van der Waals surface area (Å²) in [6.07, 6.45) is -1.24. The first-order valence-electron chi connectivity index (χ1n) is 5.41. The lowest BCUT2D eigenvalue weighted by Gasteiger charge is -2.19. The lowest BCUT2D eigenvalue weighted by Crippen LogP contribution is -2.37. The van der Waals surface area contributed by atoms with Gasteiger partial charge in [-0.15, -0.1) is 0 Å². The van der Waals surface area contributed by atoms with E-state index in [-0.39, 0.29) is 6.61 Å². The lowest BCUT2D eigenvalue weighted by atomic mass is 10.2. The van der Waals surface area contributed by atoms with Crippen molar-refractivity contribution in [2.24, 2.45) is 5.73 Å². The van der Waals surface area contributed by atoms with Crippen LogP contribution in [0.3, 0.4) is 0 Å². The van der Waals surface area contributed by atoms with Crippen LogP contribution in [-0.4, -0.2) is 44.0 Å². The molecule has 0 aromatic carbocycles. The molecule has 0 rings (SSSR count). The largest absolute Gasteiger partial charge is 0.448 e. The van der Waals surface area contributed by atoms with Gasteiger partial charge >= 0.3 is 12.2 Å². The van der Waals surface area contributed by atoms with E-state index in [4.69, 9.17) is 10.5 Å². The molecule has 7 heteroatoms. The third-order valence-corrected chi connectivity index (χ3v) is 1.49. The Hall–Kier alpha value is -1.50. The number of hydrogen-bond acceptors (Lipinski definition) is 5. The highest BCUT2D eigenvalue weighted by atomic mass is 16.6. The van der Waals surface area contributed by atoms with Crippen molar-refractivity contribution in [3.8, 4) is 0 Å². The Kier molecular flexibility index (Phi) is 7.04. The smallest absolute Gasteiger partial charge is 0.407 e. The van der Waals surface area contributed by atoms with Gasteiger partial charge in [0.15, 0.2) is 0 Å². The Labute approximate surface area is 101 Å². The average molecular weight is 247 g/mol. The minimum atomic E-state index is -0.793. The molecular formula is C10H21N3O4. The normalized spacial score (nSPS) is 10.8. The van der Waals surface area contributed by atoms with E-state index in [9.17, 15) is 9.59 Å². The number of alkyl carbamates (subject to hydrolysis) is 1. The van der Waals surface area contributed by atoms with E-state index in [1.165, 1.54) is 0 Å². The molecule has 7 nitrogen and oxygen atoms in total. The number of rotatable bonds is 6. The van der Waals surface area contributed by atoms with Crippen LogP contribution in [0.5, 0.6) is 0 Å². The van der Waals surface area contributed by atoms with Crippen LogP contribution in [-0.2, 0) is 9.47 Å². The zero-order valence-electron chi connectivity index (χ0n) is 10.5. The molecule has 0 saturated carbocycles. The van der Waals surface area contributed by atoms with Crippen LogP contribution in [0.15, 0.2) is 0 Å². The molecule has 17 heavy (non-hydrogen) atoms. The molecule has 4 N–H and O–H groups in total. The predicted molar refractivity (Wildman–Crippen MR) is 62.6 cm³/mol. The molecule has 0 bridgehead atoms. The monoisotopic (exact) mass is 247 g/mol. The molecule has 0 aromatic heterocycles. The summed E-state index contributed by atoms with van der Waals surface area (Å²) in [6, 6.07) is 0. The third kappa shape index (κ3) is 12.4. The zero-order valence-corrected chi connectivity index (χ0v) is 10.5. The number of amides is 2. The molecule has 0 aromatic rings. The number of primary amides is 1. The fourth-order valence-electron chi connectivity index (χ4n) is 0.916. The van der Waals surface area contributed by atoms with Gasteiger partial charge in [-0.1, -0.05) is 0 Å². The minimum absolute atomic E-state index is 0.210. The van der Waals surface area contributed by atoms with E-state index in [1.807, 2.05) is 0 Å². The first kappa shape index (κ1) is 15.5. The van der Waals surface area contributed by atoms with Crippen LogP contribution in [0.25, 0.3) is 0 Å². The fourth-order valence-corrected chi connectivity index (χ4v) is 0.916. The number of nitrogens with one attached hydrogen (secondary N) is 2. The van der Waals surface area contributed by atoms with Crippen LogP contribution >= 0.6 is 0 Å². The molecule has 0 spiro atoms. The lowest BCUT2D eigenvalue weighted by molar-refractivity contribution is 0.0528. The van der Waals surface area contributed by atoms with Crippen molar-refractivity contribution < 1.29 is 19.1 Å². The molecule has 0 radical (unpaired) electrons. The van der Waals surface area contributed by atoms with Gasteiger partial charge in [-0.05, 0) is 20.8 Å². The summed E-state index contributed by atoms with van der Waals surface area (Å²) in [7, 11) is 0. The number of carbonyl (C=O) groups excluding carboxylic acids is 2. The summed E-state index contributed by atoms with van der Waals surface area (Å²) in [5, 5.41) is 5.54. The predicted octanol–water partition coefficient (Wildman–Crippen LogP) is 0.196. The van der Waals surface area contributed by atoms with Gasteiger partial charge < -0.3 is 25.8 Å². The van der Waals surface area contributed by atoms with Crippen LogP contribution in [0, 0.1) is 0 Å². The Morgan fingerprint density at radius 2 is 1.82 bits per heavy atom. The highest BCUT2D eigenvalue weighted by Crippen LogP contribution is 2.05. The summed E-state index contributed by atoms with van der Waals surface area (Å²) in [5.41, 5.74) is 4.28. The van der Waals surface area contributed by atoms with Crippen LogP contribution < -0.4 is 16.4 Å². The molecule has 0 fully saturated rings. The van der Waals surface area contributed by atoms with Gasteiger partial charge in [0.25, 0.3) is 0 Å². The van der Waals surface area contributed by atoms with E-state index < -0.39 is 17.8 Å². The quantitative estimate of drug-likeness (QED) is 0.582. The Morgan fingerprint density at radius 1 is 1.18 bits per heavy atom. The van der Waals surface area contributed by atoms with Gasteiger partial charge in [0, 0.05) is 19.6 Å². The Morgan fingerprint density at radius 3 is 2.35 bits per heavy atom. The number of nitrogens with two attached hydrogens (primary N) is 1. The maximum Gasteiger partial charge on any atom is 0.407 e. The summed E-state index contributed by atoms with van der Waals surface area (Å²) in [4.78, 5) is 21.4. The molecule has 0 aliphatic rings. The molecule has 0 saturated heterocycles. The Bertz CT molecular complexity index is 250. The second-order valence-corrected chi connectivity index (χ2v) is 4.35. The van der Waals surface area contributed by atoms with Crippen LogP contribution in [0.4, 0.5) is 9.59 Å². The zero-order chi connectivity index (χ0) is 13.3. The van der Waals surface area contributed by atoms with Gasteiger partial charge in [-0.25, -0.2) is 9.59 Å². The second-order valence-electron chi connectivity index (χ2n) is 4.35. The van der Waals surface area contributed by atoms with Crippen molar-refractivity contribution in [3.05, 3.63) is 0 Å². The van der Waals surface area contributed by atoms with Gasteiger partial charge in [-0.2, -0.15) is 0 Å². The standard InChI is InChI=1S/C10H21N3O4/c1-10(2,3)17-9(15)13-5-4-12-6-7-16-8(11)14/h12H,4-7H2,1-3H3,(H2,11,14)(H,13,15). The number of carbonyl (C=O) groups is 2. The number of ether oxygens (including phenoxy) is 2. The third-order valence-electron chi connectivity index (χ3n) is 1.49.